The second-order valence-corrected chi connectivity index (χ2v) is 5.63. The molecule has 4 heteroatoms. The van der Waals surface area contributed by atoms with E-state index in [1.54, 1.807) is 18.3 Å². The first-order chi connectivity index (χ1) is 8.09. The smallest absolute Gasteiger partial charge is 0.229 e. The summed E-state index contributed by atoms with van der Waals surface area (Å²) in [6.45, 7) is 5.24. The summed E-state index contributed by atoms with van der Waals surface area (Å²) < 4.78 is 0. The van der Waals surface area contributed by atoms with Crippen LogP contribution in [0.3, 0.4) is 0 Å². The van der Waals surface area contributed by atoms with Gasteiger partial charge in [0.05, 0.1) is 12.0 Å². The summed E-state index contributed by atoms with van der Waals surface area (Å²) in [6.07, 6.45) is 0.601. The molecule has 1 fully saturated rings. The van der Waals surface area contributed by atoms with E-state index in [-0.39, 0.29) is 23.8 Å². The SMILES string of the molecule is CC(C(=O)N1CCC(C(C)O)C1)c1ccsc1. The van der Waals surface area contributed by atoms with Crippen LogP contribution in [0.5, 0.6) is 0 Å². The van der Waals surface area contributed by atoms with Gasteiger partial charge in [-0.05, 0) is 42.7 Å². The van der Waals surface area contributed by atoms with Gasteiger partial charge in [-0.25, -0.2) is 0 Å². The number of carbonyl (C=O) groups excluding carboxylic acids is 1. The molecule has 1 aliphatic rings. The maximum absolute atomic E-state index is 12.3. The average Bonchev–Trinajstić information content (AvgIpc) is 2.97. The van der Waals surface area contributed by atoms with E-state index in [1.807, 2.05) is 28.7 Å². The lowest BCUT2D eigenvalue weighted by molar-refractivity contribution is -0.131. The summed E-state index contributed by atoms with van der Waals surface area (Å²) in [4.78, 5) is 14.1. The Hall–Kier alpha value is -0.870. The molecule has 1 aromatic rings. The van der Waals surface area contributed by atoms with Crippen molar-refractivity contribution in [3.8, 4) is 0 Å². The Morgan fingerprint density at radius 1 is 1.59 bits per heavy atom. The van der Waals surface area contributed by atoms with Crippen LogP contribution in [0.15, 0.2) is 16.8 Å². The van der Waals surface area contributed by atoms with Crippen molar-refractivity contribution in [3.63, 3.8) is 0 Å². The van der Waals surface area contributed by atoms with Gasteiger partial charge >= 0.3 is 0 Å². The summed E-state index contributed by atoms with van der Waals surface area (Å²) in [7, 11) is 0. The second kappa shape index (κ2) is 5.19. The summed E-state index contributed by atoms with van der Waals surface area (Å²) >= 11 is 1.62. The Morgan fingerprint density at radius 2 is 2.35 bits per heavy atom. The average molecular weight is 253 g/mol. The number of aliphatic hydroxyl groups is 1. The Morgan fingerprint density at radius 3 is 2.88 bits per heavy atom. The Bertz CT molecular complexity index is 375. The Labute approximate surface area is 106 Å². The summed E-state index contributed by atoms with van der Waals surface area (Å²) in [5.74, 6) is 0.370. The maximum Gasteiger partial charge on any atom is 0.229 e. The predicted octanol–water partition coefficient (Wildman–Crippen LogP) is 2.08. The molecule has 2 rings (SSSR count). The van der Waals surface area contributed by atoms with E-state index >= 15 is 0 Å². The van der Waals surface area contributed by atoms with Gasteiger partial charge in [0.2, 0.25) is 5.91 Å². The molecular formula is C13H19NO2S. The number of likely N-dealkylation sites (tertiary alicyclic amines) is 1. The molecule has 0 aliphatic carbocycles. The first-order valence-electron chi connectivity index (χ1n) is 6.08. The van der Waals surface area contributed by atoms with Gasteiger partial charge in [0, 0.05) is 19.0 Å². The molecule has 0 bridgehead atoms. The highest BCUT2D eigenvalue weighted by atomic mass is 32.1. The Kier molecular flexibility index (Phi) is 3.84. The number of rotatable bonds is 3. The van der Waals surface area contributed by atoms with Crippen LogP contribution in [0.1, 0.15) is 31.7 Å². The van der Waals surface area contributed by atoms with Gasteiger partial charge in [0.15, 0.2) is 0 Å². The van der Waals surface area contributed by atoms with Crippen molar-refractivity contribution in [1.82, 2.24) is 4.90 Å². The molecule has 1 aromatic heterocycles. The zero-order chi connectivity index (χ0) is 12.4. The fourth-order valence-electron chi connectivity index (χ4n) is 2.32. The Balaban J connectivity index is 1.97. The van der Waals surface area contributed by atoms with Crippen LogP contribution >= 0.6 is 11.3 Å². The van der Waals surface area contributed by atoms with Crippen LogP contribution in [0.25, 0.3) is 0 Å². The molecular weight excluding hydrogens is 234 g/mol. The molecule has 17 heavy (non-hydrogen) atoms. The van der Waals surface area contributed by atoms with Gasteiger partial charge in [-0.2, -0.15) is 11.3 Å². The van der Waals surface area contributed by atoms with Crippen molar-refractivity contribution >= 4 is 17.2 Å². The number of carbonyl (C=O) groups is 1. The number of aliphatic hydroxyl groups excluding tert-OH is 1. The highest BCUT2D eigenvalue weighted by Crippen LogP contribution is 2.25. The number of amides is 1. The van der Waals surface area contributed by atoms with E-state index in [2.05, 4.69) is 0 Å². The number of hydrogen-bond donors (Lipinski definition) is 1. The molecule has 1 aliphatic heterocycles. The zero-order valence-corrected chi connectivity index (χ0v) is 11.1. The summed E-state index contributed by atoms with van der Waals surface area (Å²) in [5, 5.41) is 13.6. The second-order valence-electron chi connectivity index (χ2n) is 4.85. The third kappa shape index (κ3) is 2.69. The van der Waals surface area contributed by atoms with Crippen LogP contribution in [0.4, 0.5) is 0 Å². The zero-order valence-electron chi connectivity index (χ0n) is 10.3. The van der Waals surface area contributed by atoms with Gasteiger partial charge in [0.25, 0.3) is 0 Å². The quantitative estimate of drug-likeness (QED) is 0.896. The maximum atomic E-state index is 12.3. The molecule has 1 amide bonds. The molecule has 3 unspecified atom stereocenters. The lowest BCUT2D eigenvalue weighted by Crippen LogP contribution is -2.33. The van der Waals surface area contributed by atoms with Crippen LogP contribution in [0.2, 0.25) is 0 Å². The fourth-order valence-corrected chi connectivity index (χ4v) is 3.07. The highest BCUT2D eigenvalue weighted by molar-refractivity contribution is 7.08. The van der Waals surface area contributed by atoms with E-state index < -0.39 is 0 Å². The minimum absolute atomic E-state index is 0.0611. The molecule has 1 saturated heterocycles. The normalized spacial score (nSPS) is 23.7. The van der Waals surface area contributed by atoms with E-state index in [0.717, 1.165) is 18.5 Å². The predicted molar refractivity (Wildman–Crippen MR) is 69.1 cm³/mol. The molecule has 1 N–H and O–H groups in total. The van der Waals surface area contributed by atoms with E-state index in [9.17, 15) is 9.90 Å². The van der Waals surface area contributed by atoms with Gasteiger partial charge in [-0.1, -0.05) is 0 Å². The van der Waals surface area contributed by atoms with Gasteiger partial charge in [-0.3, -0.25) is 4.79 Å². The number of thiophene rings is 1. The summed E-state index contributed by atoms with van der Waals surface area (Å²) in [6, 6.07) is 2.01. The van der Waals surface area contributed by atoms with E-state index in [4.69, 9.17) is 0 Å². The molecule has 3 nitrogen and oxygen atoms in total. The number of hydrogen-bond acceptors (Lipinski definition) is 3. The third-order valence-electron chi connectivity index (χ3n) is 3.63. The van der Waals surface area contributed by atoms with Crippen LogP contribution < -0.4 is 0 Å². The molecule has 0 saturated carbocycles. The monoisotopic (exact) mass is 253 g/mol. The molecule has 94 valence electrons. The summed E-state index contributed by atoms with van der Waals surface area (Å²) in [5.41, 5.74) is 1.10. The minimum Gasteiger partial charge on any atom is -0.393 e. The van der Waals surface area contributed by atoms with Crippen molar-refractivity contribution in [1.29, 1.82) is 0 Å². The van der Waals surface area contributed by atoms with Crippen molar-refractivity contribution in [3.05, 3.63) is 22.4 Å². The third-order valence-corrected chi connectivity index (χ3v) is 4.33. The molecule has 0 radical (unpaired) electrons. The van der Waals surface area contributed by atoms with E-state index in [0.29, 0.717) is 6.54 Å². The van der Waals surface area contributed by atoms with Crippen molar-refractivity contribution < 1.29 is 9.90 Å². The molecule has 2 heterocycles. The van der Waals surface area contributed by atoms with Gasteiger partial charge in [-0.15, -0.1) is 0 Å². The first kappa shape index (κ1) is 12.6. The number of nitrogens with zero attached hydrogens (tertiary/aromatic N) is 1. The van der Waals surface area contributed by atoms with Crippen molar-refractivity contribution in [2.75, 3.05) is 13.1 Å². The minimum atomic E-state index is -0.316. The van der Waals surface area contributed by atoms with Crippen LogP contribution in [-0.4, -0.2) is 35.1 Å². The van der Waals surface area contributed by atoms with Gasteiger partial charge in [0.1, 0.15) is 0 Å². The lowest BCUT2D eigenvalue weighted by atomic mass is 10.0. The first-order valence-corrected chi connectivity index (χ1v) is 7.03. The van der Waals surface area contributed by atoms with Crippen LogP contribution in [-0.2, 0) is 4.79 Å². The highest BCUT2D eigenvalue weighted by Gasteiger charge is 2.31. The standard InChI is InChI=1S/C13H19NO2S/c1-9(12-4-6-17-8-12)13(16)14-5-3-11(7-14)10(2)15/h4,6,8-11,15H,3,5,7H2,1-2H3. The molecule has 3 atom stereocenters. The lowest BCUT2D eigenvalue weighted by Gasteiger charge is -2.21. The van der Waals surface area contributed by atoms with Crippen LogP contribution in [0, 0.1) is 5.92 Å². The van der Waals surface area contributed by atoms with Crippen molar-refractivity contribution in [2.24, 2.45) is 5.92 Å². The fraction of sp³-hybridized carbons (Fsp3) is 0.615. The molecule has 0 aromatic carbocycles. The van der Waals surface area contributed by atoms with Gasteiger partial charge < -0.3 is 10.0 Å². The topological polar surface area (TPSA) is 40.5 Å². The van der Waals surface area contributed by atoms with E-state index in [1.165, 1.54) is 0 Å². The van der Waals surface area contributed by atoms with Crippen molar-refractivity contribution in [2.45, 2.75) is 32.3 Å². The molecule has 0 spiro atoms. The largest absolute Gasteiger partial charge is 0.393 e.